The molecule has 0 heterocycles. The molecule has 12 heavy (non-hydrogen) atoms. The Labute approximate surface area is 74.1 Å². The van der Waals surface area contributed by atoms with Gasteiger partial charge >= 0.3 is 0 Å². The highest BCUT2D eigenvalue weighted by Crippen LogP contribution is 2.23. The maximum absolute atomic E-state index is 9.51. The molecule has 66 valence electrons. The summed E-state index contributed by atoms with van der Waals surface area (Å²) in [5.41, 5.74) is 3.44. The lowest BCUT2D eigenvalue weighted by Crippen LogP contribution is -1.90. The van der Waals surface area contributed by atoms with Gasteiger partial charge in [-0.1, -0.05) is 19.4 Å². The van der Waals surface area contributed by atoms with Crippen molar-refractivity contribution in [2.75, 3.05) is 0 Å². The lowest BCUT2D eigenvalue weighted by molar-refractivity contribution is 0.469. The van der Waals surface area contributed by atoms with Crippen molar-refractivity contribution in [3.63, 3.8) is 0 Å². The lowest BCUT2D eigenvalue weighted by Gasteiger charge is -2.07. The topological polar surface area (TPSA) is 20.2 Å². The summed E-state index contributed by atoms with van der Waals surface area (Å²) >= 11 is 0. The number of aromatic hydroxyl groups is 1. The number of hydrogen-bond donors (Lipinski definition) is 1. The van der Waals surface area contributed by atoms with E-state index < -0.39 is 0 Å². The van der Waals surface area contributed by atoms with Gasteiger partial charge in [-0.3, -0.25) is 0 Å². The Bertz CT molecular complexity index is 277. The van der Waals surface area contributed by atoms with Crippen molar-refractivity contribution in [3.8, 4) is 5.75 Å². The molecule has 0 radical (unpaired) electrons. The minimum Gasteiger partial charge on any atom is -0.508 e. The molecule has 0 bridgehead atoms. The molecule has 0 aliphatic heterocycles. The van der Waals surface area contributed by atoms with Gasteiger partial charge in [0.15, 0.2) is 0 Å². The van der Waals surface area contributed by atoms with E-state index in [0.29, 0.717) is 5.75 Å². The van der Waals surface area contributed by atoms with Gasteiger partial charge in [0.25, 0.3) is 0 Å². The molecule has 0 unspecified atom stereocenters. The fraction of sp³-hybridized carbons (Fsp3) is 0.455. The first-order valence-corrected chi connectivity index (χ1v) is 4.44. The van der Waals surface area contributed by atoms with Crippen LogP contribution in [0.3, 0.4) is 0 Å². The predicted molar refractivity (Wildman–Crippen MR) is 51.6 cm³/mol. The van der Waals surface area contributed by atoms with Crippen LogP contribution >= 0.6 is 0 Å². The first kappa shape index (κ1) is 9.11. The van der Waals surface area contributed by atoms with Crippen LogP contribution in [0.1, 0.15) is 30.0 Å². The van der Waals surface area contributed by atoms with Gasteiger partial charge in [-0.05, 0) is 43.0 Å². The Morgan fingerprint density at radius 3 is 2.50 bits per heavy atom. The van der Waals surface area contributed by atoms with Crippen LogP contribution in [0.5, 0.6) is 5.75 Å². The number of benzene rings is 1. The molecule has 0 aromatic heterocycles. The third kappa shape index (κ3) is 1.79. The molecule has 0 fully saturated rings. The van der Waals surface area contributed by atoms with Crippen LogP contribution in [0.2, 0.25) is 0 Å². The average molecular weight is 164 g/mol. The molecule has 0 aliphatic rings. The number of rotatable bonds is 2. The summed E-state index contributed by atoms with van der Waals surface area (Å²) < 4.78 is 0. The maximum atomic E-state index is 9.51. The van der Waals surface area contributed by atoms with E-state index in [0.717, 1.165) is 24.0 Å². The van der Waals surface area contributed by atoms with Gasteiger partial charge in [0, 0.05) is 0 Å². The third-order valence-corrected chi connectivity index (χ3v) is 2.15. The van der Waals surface area contributed by atoms with E-state index in [1.165, 1.54) is 5.56 Å². The second-order valence-electron chi connectivity index (χ2n) is 3.32. The Balaban J connectivity index is 3.09. The minimum absolute atomic E-state index is 0.429. The van der Waals surface area contributed by atoms with Gasteiger partial charge in [0.1, 0.15) is 5.75 Å². The molecule has 1 aromatic carbocycles. The molecule has 0 spiro atoms. The number of aryl methyl sites for hydroxylation is 2. The van der Waals surface area contributed by atoms with E-state index in [2.05, 4.69) is 13.0 Å². The van der Waals surface area contributed by atoms with Crippen molar-refractivity contribution in [2.24, 2.45) is 0 Å². The van der Waals surface area contributed by atoms with E-state index in [1.54, 1.807) is 0 Å². The summed E-state index contributed by atoms with van der Waals surface area (Å²) in [6, 6.07) is 3.97. The van der Waals surface area contributed by atoms with Crippen LogP contribution in [-0.4, -0.2) is 5.11 Å². The van der Waals surface area contributed by atoms with Crippen LogP contribution < -0.4 is 0 Å². The highest BCUT2D eigenvalue weighted by atomic mass is 16.3. The zero-order valence-electron chi connectivity index (χ0n) is 8.02. The van der Waals surface area contributed by atoms with E-state index in [9.17, 15) is 5.11 Å². The van der Waals surface area contributed by atoms with Gasteiger partial charge in [-0.15, -0.1) is 0 Å². The summed E-state index contributed by atoms with van der Waals surface area (Å²) in [5.74, 6) is 0.429. The first-order chi connectivity index (χ1) is 5.65. The summed E-state index contributed by atoms with van der Waals surface area (Å²) in [7, 11) is 0. The van der Waals surface area contributed by atoms with E-state index in [-0.39, 0.29) is 0 Å². The molecule has 0 atom stereocenters. The van der Waals surface area contributed by atoms with E-state index in [1.807, 2.05) is 19.9 Å². The van der Waals surface area contributed by atoms with Crippen LogP contribution in [0.15, 0.2) is 12.1 Å². The fourth-order valence-corrected chi connectivity index (χ4v) is 1.44. The standard InChI is InChI=1S/C11H16O/c1-4-5-10-6-8(2)7-11(12)9(10)3/h6-7,12H,4-5H2,1-3H3. The van der Waals surface area contributed by atoms with Gasteiger partial charge in [-0.2, -0.15) is 0 Å². The molecule has 0 amide bonds. The van der Waals surface area contributed by atoms with E-state index in [4.69, 9.17) is 0 Å². The van der Waals surface area contributed by atoms with Crippen LogP contribution in [0.4, 0.5) is 0 Å². The van der Waals surface area contributed by atoms with Crippen LogP contribution in [0.25, 0.3) is 0 Å². The van der Waals surface area contributed by atoms with Crippen molar-refractivity contribution in [1.82, 2.24) is 0 Å². The summed E-state index contributed by atoms with van der Waals surface area (Å²) in [4.78, 5) is 0. The monoisotopic (exact) mass is 164 g/mol. The first-order valence-electron chi connectivity index (χ1n) is 4.44. The number of hydrogen-bond acceptors (Lipinski definition) is 1. The smallest absolute Gasteiger partial charge is 0.119 e. The zero-order chi connectivity index (χ0) is 9.14. The third-order valence-electron chi connectivity index (χ3n) is 2.15. The predicted octanol–water partition coefficient (Wildman–Crippen LogP) is 2.96. The molecule has 1 aromatic rings. The van der Waals surface area contributed by atoms with Gasteiger partial charge in [0.2, 0.25) is 0 Å². The Morgan fingerprint density at radius 2 is 1.92 bits per heavy atom. The van der Waals surface area contributed by atoms with Crippen molar-refractivity contribution in [2.45, 2.75) is 33.6 Å². The molecule has 1 rings (SSSR count). The summed E-state index contributed by atoms with van der Waals surface area (Å²) in [5, 5.41) is 9.51. The quantitative estimate of drug-likeness (QED) is 0.712. The molecule has 0 aliphatic carbocycles. The molecular weight excluding hydrogens is 148 g/mol. The molecule has 1 N–H and O–H groups in total. The molecule has 1 heteroatoms. The SMILES string of the molecule is CCCc1cc(C)cc(O)c1C. The Kier molecular flexibility index (Phi) is 2.74. The molecular formula is C11H16O. The van der Waals surface area contributed by atoms with Gasteiger partial charge in [-0.25, -0.2) is 0 Å². The normalized spacial score (nSPS) is 10.2. The zero-order valence-corrected chi connectivity index (χ0v) is 8.02. The molecule has 0 saturated carbocycles. The molecule has 1 nitrogen and oxygen atoms in total. The van der Waals surface area contributed by atoms with Gasteiger partial charge < -0.3 is 5.11 Å². The van der Waals surface area contributed by atoms with Crippen LogP contribution in [0, 0.1) is 13.8 Å². The van der Waals surface area contributed by atoms with Crippen molar-refractivity contribution < 1.29 is 5.11 Å². The summed E-state index contributed by atoms with van der Waals surface area (Å²) in [6.45, 7) is 6.14. The van der Waals surface area contributed by atoms with Crippen molar-refractivity contribution in [1.29, 1.82) is 0 Å². The fourth-order valence-electron chi connectivity index (χ4n) is 1.44. The largest absolute Gasteiger partial charge is 0.508 e. The highest BCUT2D eigenvalue weighted by Gasteiger charge is 2.02. The van der Waals surface area contributed by atoms with E-state index >= 15 is 0 Å². The maximum Gasteiger partial charge on any atom is 0.119 e. The second-order valence-corrected chi connectivity index (χ2v) is 3.32. The minimum atomic E-state index is 0.429. The van der Waals surface area contributed by atoms with Gasteiger partial charge in [0.05, 0.1) is 0 Å². The summed E-state index contributed by atoms with van der Waals surface area (Å²) in [6.07, 6.45) is 2.19. The number of phenolic OH excluding ortho intramolecular Hbond substituents is 1. The average Bonchev–Trinajstić information content (AvgIpc) is 2.00. The van der Waals surface area contributed by atoms with Crippen molar-refractivity contribution >= 4 is 0 Å². The van der Waals surface area contributed by atoms with Crippen molar-refractivity contribution in [3.05, 3.63) is 28.8 Å². The number of phenols is 1. The Hall–Kier alpha value is -0.980. The molecule has 0 saturated heterocycles. The van der Waals surface area contributed by atoms with Crippen LogP contribution in [-0.2, 0) is 6.42 Å². The highest BCUT2D eigenvalue weighted by molar-refractivity contribution is 5.41. The lowest BCUT2D eigenvalue weighted by atomic mass is 10.0. The Morgan fingerprint density at radius 1 is 1.25 bits per heavy atom. The second kappa shape index (κ2) is 3.61.